The van der Waals surface area contributed by atoms with Gasteiger partial charge >= 0.3 is 0 Å². The van der Waals surface area contributed by atoms with Crippen LogP contribution in [0.5, 0.6) is 0 Å². The maximum Gasteiger partial charge on any atom is 0.142 e. The summed E-state index contributed by atoms with van der Waals surface area (Å²) in [6.07, 6.45) is 4.56. The Morgan fingerprint density at radius 1 is 1.46 bits per heavy atom. The smallest absolute Gasteiger partial charge is 0.142 e. The van der Waals surface area contributed by atoms with Crippen molar-refractivity contribution in [1.29, 1.82) is 0 Å². The van der Waals surface area contributed by atoms with Crippen molar-refractivity contribution in [3.8, 4) is 0 Å². The van der Waals surface area contributed by atoms with Crippen molar-refractivity contribution in [3.05, 3.63) is 47.3 Å². The van der Waals surface area contributed by atoms with Crippen LogP contribution in [0.1, 0.15) is 18.4 Å². The molecule has 0 heterocycles. The van der Waals surface area contributed by atoms with Gasteiger partial charge in [-0.25, -0.2) is 4.39 Å². The predicted molar refractivity (Wildman–Crippen MR) is 54.5 cm³/mol. The monoisotopic (exact) mass is 198 g/mol. The van der Waals surface area contributed by atoms with Gasteiger partial charge in [0.2, 0.25) is 0 Å². The number of halogens is 2. The molecule has 0 unspecified atom stereocenters. The van der Waals surface area contributed by atoms with Gasteiger partial charge in [0.15, 0.2) is 0 Å². The van der Waals surface area contributed by atoms with E-state index < -0.39 is 0 Å². The lowest BCUT2D eigenvalue weighted by molar-refractivity contribution is 0.625. The fourth-order valence-electron chi connectivity index (χ4n) is 1.18. The standard InChI is InChI=1S/C11H12ClF/c1-2-3-4-6-9-7-5-8-10(13)11(9)12/h2,5,7-8H,1,3-4,6H2. The molecule has 0 aromatic heterocycles. The maximum atomic E-state index is 12.9. The van der Waals surface area contributed by atoms with Crippen LogP contribution in [0.25, 0.3) is 0 Å². The minimum absolute atomic E-state index is 0.256. The second-order valence-electron chi connectivity index (χ2n) is 2.89. The molecule has 13 heavy (non-hydrogen) atoms. The first-order chi connectivity index (χ1) is 6.25. The fourth-order valence-corrected chi connectivity index (χ4v) is 1.40. The van der Waals surface area contributed by atoms with Crippen LogP contribution < -0.4 is 0 Å². The number of hydrogen-bond acceptors (Lipinski definition) is 0. The highest BCUT2D eigenvalue weighted by Gasteiger charge is 2.03. The molecule has 0 saturated carbocycles. The summed E-state index contributed by atoms with van der Waals surface area (Å²) in [6.45, 7) is 3.62. The largest absolute Gasteiger partial charge is 0.205 e. The first-order valence-corrected chi connectivity index (χ1v) is 4.67. The average molecular weight is 199 g/mol. The Bertz CT molecular complexity index is 294. The van der Waals surface area contributed by atoms with E-state index in [2.05, 4.69) is 6.58 Å². The second-order valence-corrected chi connectivity index (χ2v) is 3.27. The van der Waals surface area contributed by atoms with Gasteiger partial charge < -0.3 is 0 Å². The van der Waals surface area contributed by atoms with Crippen LogP contribution in [0.3, 0.4) is 0 Å². The minimum Gasteiger partial charge on any atom is -0.205 e. The second kappa shape index (κ2) is 5.03. The SMILES string of the molecule is C=CCCCc1cccc(F)c1Cl. The molecule has 0 amide bonds. The van der Waals surface area contributed by atoms with Crippen LogP contribution in [0.2, 0.25) is 5.02 Å². The first kappa shape index (κ1) is 10.3. The zero-order chi connectivity index (χ0) is 9.68. The lowest BCUT2D eigenvalue weighted by atomic mass is 10.1. The average Bonchev–Trinajstić information content (AvgIpc) is 2.13. The van der Waals surface area contributed by atoms with E-state index in [1.54, 1.807) is 6.07 Å². The summed E-state index contributed by atoms with van der Waals surface area (Å²) in [5, 5.41) is 0.256. The predicted octanol–water partition coefficient (Wildman–Crippen LogP) is 3.99. The van der Waals surface area contributed by atoms with E-state index >= 15 is 0 Å². The van der Waals surface area contributed by atoms with Crippen molar-refractivity contribution in [2.45, 2.75) is 19.3 Å². The zero-order valence-corrected chi connectivity index (χ0v) is 8.15. The van der Waals surface area contributed by atoms with E-state index in [1.807, 2.05) is 12.1 Å². The summed E-state index contributed by atoms with van der Waals surface area (Å²) in [6, 6.07) is 4.91. The van der Waals surface area contributed by atoms with Crippen LogP contribution >= 0.6 is 11.6 Å². The lowest BCUT2D eigenvalue weighted by Gasteiger charge is -2.03. The molecule has 0 fully saturated rings. The molecule has 0 saturated heterocycles. The highest BCUT2D eigenvalue weighted by Crippen LogP contribution is 2.21. The fraction of sp³-hybridized carbons (Fsp3) is 0.273. The van der Waals surface area contributed by atoms with Crippen LogP contribution in [-0.4, -0.2) is 0 Å². The molecule has 0 atom stereocenters. The Labute approximate surface area is 83.0 Å². The Balaban J connectivity index is 2.65. The Morgan fingerprint density at radius 3 is 2.92 bits per heavy atom. The van der Waals surface area contributed by atoms with Gasteiger partial charge in [0.05, 0.1) is 5.02 Å². The molecule has 1 rings (SSSR count). The van der Waals surface area contributed by atoms with Crippen LogP contribution in [-0.2, 0) is 6.42 Å². The van der Waals surface area contributed by atoms with Gasteiger partial charge in [0.1, 0.15) is 5.82 Å². The number of hydrogen-bond donors (Lipinski definition) is 0. The number of unbranched alkanes of at least 4 members (excludes halogenated alkanes) is 1. The minimum atomic E-state index is -0.335. The molecule has 70 valence electrons. The van der Waals surface area contributed by atoms with E-state index in [-0.39, 0.29) is 10.8 Å². The van der Waals surface area contributed by atoms with Gasteiger partial charge in [-0.3, -0.25) is 0 Å². The van der Waals surface area contributed by atoms with Crippen LogP contribution in [0.4, 0.5) is 4.39 Å². The summed E-state index contributed by atoms with van der Waals surface area (Å²) in [4.78, 5) is 0. The molecule has 0 aliphatic rings. The molecular weight excluding hydrogens is 187 g/mol. The first-order valence-electron chi connectivity index (χ1n) is 4.29. The van der Waals surface area contributed by atoms with E-state index in [9.17, 15) is 4.39 Å². The zero-order valence-electron chi connectivity index (χ0n) is 7.39. The summed E-state index contributed by atoms with van der Waals surface area (Å²) in [5.74, 6) is -0.335. The lowest BCUT2D eigenvalue weighted by Crippen LogP contribution is -1.88. The Hall–Kier alpha value is -0.820. The van der Waals surface area contributed by atoms with Gasteiger partial charge in [0, 0.05) is 0 Å². The molecule has 0 radical (unpaired) electrons. The Kier molecular flexibility index (Phi) is 3.97. The molecule has 0 aliphatic heterocycles. The van der Waals surface area contributed by atoms with Crippen molar-refractivity contribution < 1.29 is 4.39 Å². The molecule has 2 heteroatoms. The van der Waals surface area contributed by atoms with Crippen molar-refractivity contribution in [3.63, 3.8) is 0 Å². The van der Waals surface area contributed by atoms with Gasteiger partial charge in [-0.2, -0.15) is 0 Å². The molecule has 0 spiro atoms. The molecule has 0 N–H and O–H groups in total. The summed E-state index contributed by atoms with van der Waals surface area (Å²) in [5.41, 5.74) is 0.878. The quantitative estimate of drug-likeness (QED) is 0.507. The van der Waals surface area contributed by atoms with Gasteiger partial charge in [-0.15, -0.1) is 6.58 Å². The summed E-state index contributed by atoms with van der Waals surface area (Å²) in [7, 11) is 0. The third-order valence-electron chi connectivity index (χ3n) is 1.89. The highest BCUT2D eigenvalue weighted by atomic mass is 35.5. The number of allylic oxidation sites excluding steroid dienone is 1. The van der Waals surface area contributed by atoms with E-state index in [0.29, 0.717) is 0 Å². The molecule has 0 bridgehead atoms. The topological polar surface area (TPSA) is 0 Å². The Morgan fingerprint density at radius 2 is 2.23 bits per heavy atom. The molecule has 1 aromatic carbocycles. The normalized spacial score (nSPS) is 10.0. The van der Waals surface area contributed by atoms with Crippen molar-refractivity contribution in [1.82, 2.24) is 0 Å². The number of benzene rings is 1. The molecule has 0 nitrogen and oxygen atoms in total. The third kappa shape index (κ3) is 2.85. The van der Waals surface area contributed by atoms with Crippen LogP contribution in [0.15, 0.2) is 30.9 Å². The van der Waals surface area contributed by atoms with Gasteiger partial charge in [0.25, 0.3) is 0 Å². The maximum absolute atomic E-state index is 12.9. The van der Waals surface area contributed by atoms with Crippen LogP contribution in [0, 0.1) is 5.82 Å². The van der Waals surface area contributed by atoms with Crippen molar-refractivity contribution in [2.24, 2.45) is 0 Å². The van der Waals surface area contributed by atoms with E-state index in [0.717, 1.165) is 24.8 Å². The summed E-state index contributed by atoms with van der Waals surface area (Å²) >= 11 is 5.77. The van der Waals surface area contributed by atoms with Gasteiger partial charge in [-0.05, 0) is 30.9 Å². The molecular formula is C11H12ClF. The molecule has 1 aromatic rings. The van der Waals surface area contributed by atoms with E-state index in [1.165, 1.54) is 6.07 Å². The van der Waals surface area contributed by atoms with E-state index in [4.69, 9.17) is 11.6 Å². The highest BCUT2D eigenvalue weighted by molar-refractivity contribution is 6.31. The summed E-state index contributed by atoms with van der Waals surface area (Å²) < 4.78 is 12.9. The van der Waals surface area contributed by atoms with Gasteiger partial charge in [-0.1, -0.05) is 29.8 Å². The third-order valence-corrected chi connectivity index (χ3v) is 2.31. The molecule has 0 aliphatic carbocycles. The van der Waals surface area contributed by atoms with Crippen molar-refractivity contribution in [2.75, 3.05) is 0 Å². The number of rotatable bonds is 4. The number of aryl methyl sites for hydroxylation is 1. The van der Waals surface area contributed by atoms with Crippen molar-refractivity contribution >= 4 is 11.6 Å².